The fourth-order valence-corrected chi connectivity index (χ4v) is 1.77. The zero-order valence-corrected chi connectivity index (χ0v) is 10.6. The van der Waals surface area contributed by atoms with E-state index in [0.29, 0.717) is 16.9 Å². The third-order valence-corrected chi connectivity index (χ3v) is 2.97. The van der Waals surface area contributed by atoms with Crippen LogP contribution < -0.4 is 11.1 Å². The van der Waals surface area contributed by atoms with Crippen LogP contribution in [0.4, 0.5) is 11.4 Å². The predicted octanol–water partition coefficient (Wildman–Crippen LogP) is 3.28. The third-order valence-electron chi connectivity index (χ3n) is 2.27. The number of nitrogens with two attached hydrogens (primary N) is 1. The molecule has 4 heteroatoms. The summed E-state index contributed by atoms with van der Waals surface area (Å²) < 4.78 is 0.802. The van der Waals surface area contributed by atoms with Crippen molar-refractivity contribution < 1.29 is 4.79 Å². The van der Waals surface area contributed by atoms with Gasteiger partial charge >= 0.3 is 0 Å². The Morgan fingerprint density at radius 2 is 1.82 bits per heavy atom. The van der Waals surface area contributed by atoms with Gasteiger partial charge in [-0.3, -0.25) is 4.79 Å². The van der Waals surface area contributed by atoms with Crippen LogP contribution in [0.3, 0.4) is 0 Å². The van der Waals surface area contributed by atoms with E-state index in [1.165, 1.54) is 0 Å². The molecule has 1 amide bonds. The predicted molar refractivity (Wildman–Crippen MR) is 72.9 cm³/mol. The Balaban J connectivity index is 2.22. The van der Waals surface area contributed by atoms with Gasteiger partial charge in [-0.05, 0) is 46.3 Å². The zero-order chi connectivity index (χ0) is 12.3. The summed E-state index contributed by atoms with van der Waals surface area (Å²) in [5.41, 5.74) is 7.56. The van der Waals surface area contributed by atoms with Crippen molar-refractivity contribution in [1.82, 2.24) is 0 Å². The van der Waals surface area contributed by atoms with E-state index >= 15 is 0 Å². The average molecular weight is 291 g/mol. The zero-order valence-electron chi connectivity index (χ0n) is 8.98. The number of carbonyl (C=O) groups excluding carboxylic acids is 1. The summed E-state index contributed by atoms with van der Waals surface area (Å²) in [6, 6.07) is 14.3. The van der Waals surface area contributed by atoms with Crippen LogP contribution in [0.2, 0.25) is 0 Å². The summed E-state index contributed by atoms with van der Waals surface area (Å²) in [4.78, 5) is 11.9. The molecule has 0 bridgehead atoms. The molecule has 0 aliphatic heterocycles. The van der Waals surface area contributed by atoms with Crippen molar-refractivity contribution in [3.05, 3.63) is 58.6 Å². The average Bonchev–Trinajstić information content (AvgIpc) is 2.35. The Kier molecular flexibility index (Phi) is 3.44. The third kappa shape index (κ3) is 2.85. The minimum atomic E-state index is -0.156. The van der Waals surface area contributed by atoms with Crippen LogP contribution in [0.5, 0.6) is 0 Å². The lowest BCUT2D eigenvalue weighted by Crippen LogP contribution is -2.12. The van der Waals surface area contributed by atoms with Crippen LogP contribution in [0, 0.1) is 0 Å². The molecule has 17 heavy (non-hydrogen) atoms. The first-order valence-electron chi connectivity index (χ1n) is 5.08. The standard InChI is InChI=1S/C13H11BrN2O/c14-11-7-6-10(15)8-12(11)16-13(17)9-4-2-1-3-5-9/h1-8H,15H2,(H,16,17). The van der Waals surface area contributed by atoms with Crippen LogP contribution in [0.1, 0.15) is 10.4 Å². The first kappa shape index (κ1) is 11.7. The van der Waals surface area contributed by atoms with Crippen molar-refractivity contribution in [1.29, 1.82) is 0 Å². The molecule has 0 aromatic heterocycles. The van der Waals surface area contributed by atoms with E-state index in [9.17, 15) is 4.79 Å². The second-order valence-electron chi connectivity index (χ2n) is 3.56. The molecule has 0 saturated heterocycles. The lowest BCUT2D eigenvalue weighted by atomic mass is 10.2. The highest BCUT2D eigenvalue weighted by molar-refractivity contribution is 9.10. The molecule has 0 unspecified atom stereocenters. The molecule has 0 fully saturated rings. The van der Waals surface area contributed by atoms with Crippen molar-refractivity contribution in [2.75, 3.05) is 11.1 Å². The second kappa shape index (κ2) is 5.01. The molecule has 0 aliphatic carbocycles. The molecular weight excluding hydrogens is 280 g/mol. The maximum absolute atomic E-state index is 11.9. The lowest BCUT2D eigenvalue weighted by molar-refractivity contribution is 0.102. The maximum atomic E-state index is 11.9. The molecular formula is C13H11BrN2O. The highest BCUT2D eigenvalue weighted by Crippen LogP contribution is 2.25. The van der Waals surface area contributed by atoms with Crippen molar-refractivity contribution in [3.63, 3.8) is 0 Å². The highest BCUT2D eigenvalue weighted by atomic mass is 79.9. The van der Waals surface area contributed by atoms with Gasteiger partial charge in [0.05, 0.1) is 5.69 Å². The van der Waals surface area contributed by atoms with Gasteiger partial charge in [-0.15, -0.1) is 0 Å². The summed E-state index contributed by atoms with van der Waals surface area (Å²) in [5, 5.41) is 2.80. The van der Waals surface area contributed by atoms with Crippen LogP contribution in [0.15, 0.2) is 53.0 Å². The lowest BCUT2D eigenvalue weighted by Gasteiger charge is -2.08. The number of amides is 1. The van der Waals surface area contributed by atoms with E-state index in [2.05, 4.69) is 21.2 Å². The van der Waals surface area contributed by atoms with E-state index in [1.807, 2.05) is 18.2 Å². The van der Waals surface area contributed by atoms with Gasteiger partial charge in [0.15, 0.2) is 0 Å². The monoisotopic (exact) mass is 290 g/mol. The minimum absolute atomic E-state index is 0.156. The Morgan fingerprint density at radius 3 is 2.53 bits per heavy atom. The van der Waals surface area contributed by atoms with E-state index in [0.717, 1.165) is 4.47 Å². The molecule has 2 aromatic carbocycles. The first-order chi connectivity index (χ1) is 8.16. The smallest absolute Gasteiger partial charge is 0.255 e. The van der Waals surface area contributed by atoms with E-state index in [-0.39, 0.29) is 5.91 Å². The minimum Gasteiger partial charge on any atom is -0.399 e. The van der Waals surface area contributed by atoms with E-state index in [1.54, 1.807) is 30.3 Å². The van der Waals surface area contributed by atoms with Gasteiger partial charge in [-0.25, -0.2) is 0 Å². The molecule has 2 aromatic rings. The summed E-state index contributed by atoms with van der Waals surface area (Å²) >= 11 is 3.36. The summed E-state index contributed by atoms with van der Waals surface area (Å²) in [6.45, 7) is 0. The number of halogens is 1. The number of hydrogen-bond acceptors (Lipinski definition) is 2. The number of nitrogens with one attached hydrogen (secondary N) is 1. The Labute approximate surface area is 108 Å². The number of anilines is 2. The second-order valence-corrected chi connectivity index (χ2v) is 4.41. The van der Waals surface area contributed by atoms with Gasteiger partial charge in [-0.1, -0.05) is 18.2 Å². The van der Waals surface area contributed by atoms with Crippen molar-refractivity contribution >= 4 is 33.2 Å². The fourth-order valence-electron chi connectivity index (χ4n) is 1.42. The molecule has 2 rings (SSSR count). The van der Waals surface area contributed by atoms with Crippen LogP contribution in [0.25, 0.3) is 0 Å². The van der Waals surface area contributed by atoms with Gasteiger partial charge in [0.25, 0.3) is 5.91 Å². The van der Waals surface area contributed by atoms with Crippen LogP contribution >= 0.6 is 15.9 Å². The van der Waals surface area contributed by atoms with Crippen LogP contribution in [-0.4, -0.2) is 5.91 Å². The van der Waals surface area contributed by atoms with Gasteiger partial charge < -0.3 is 11.1 Å². The summed E-state index contributed by atoms with van der Waals surface area (Å²) in [7, 11) is 0. The Hall–Kier alpha value is -1.81. The number of carbonyl (C=O) groups is 1. The Bertz CT molecular complexity index is 540. The highest BCUT2D eigenvalue weighted by Gasteiger charge is 2.07. The Morgan fingerprint density at radius 1 is 1.12 bits per heavy atom. The number of benzene rings is 2. The van der Waals surface area contributed by atoms with Gasteiger partial charge in [0, 0.05) is 15.7 Å². The topological polar surface area (TPSA) is 55.1 Å². The number of rotatable bonds is 2. The molecule has 0 radical (unpaired) electrons. The molecule has 0 atom stereocenters. The largest absolute Gasteiger partial charge is 0.399 e. The number of hydrogen-bond donors (Lipinski definition) is 2. The molecule has 0 heterocycles. The molecule has 3 nitrogen and oxygen atoms in total. The van der Waals surface area contributed by atoms with E-state index in [4.69, 9.17) is 5.73 Å². The van der Waals surface area contributed by atoms with Gasteiger partial charge in [0.1, 0.15) is 0 Å². The maximum Gasteiger partial charge on any atom is 0.255 e. The molecule has 0 aliphatic rings. The van der Waals surface area contributed by atoms with Gasteiger partial charge in [0.2, 0.25) is 0 Å². The SMILES string of the molecule is Nc1ccc(Br)c(NC(=O)c2ccccc2)c1. The quantitative estimate of drug-likeness (QED) is 0.834. The van der Waals surface area contributed by atoms with Crippen LogP contribution in [-0.2, 0) is 0 Å². The van der Waals surface area contributed by atoms with Crippen molar-refractivity contribution in [2.45, 2.75) is 0 Å². The van der Waals surface area contributed by atoms with Crippen molar-refractivity contribution in [2.24, 2.45) is 0 Å². The normalized spacial score (nSPS) is 9.94. The number of nitrogen functional groups attached to an aromatic ring is 1. The van der Waals surface area contributed by atoms with Crippen molar-refractivity contribution in [3.8, 4) is 0 Å². The fraction of sp³-hybridized carbons (Fsp3) is 0. The van der Waals surface area contributed by atoms with Gasteiger partial charge in [-0.2, -0.15) is 0 Å². The summed E-state index contributed by atoms with van der Waals surface area (Å²) in [5.74, 6) is -0.156. The molecule has 86 valence electrons. The molecule has 3 N–H and O–H groups in total. The van der Waals surface area contributed by atoms with E-state index < -0.39 is 0 Å². The molecule has 0 saturated carbocycles. The molecule has 0 spiro atoms. The summed E-state index contributed by atoms with van der Waals surface area (Å²) in [6.07, 6.45) is 0. The first-order valence-corrected chi connectivity index (χ1v) is 5.87.